The SMILES string of the molecule is CC#N.CN.CNC(=O)CBr.CNC(=O)COc1ccccc1S(N)(=O)=O.Cl.NS(=O)(=O)c1ccccc1O.O=C(Br)CBr.O=CO[O-].[H-].[K+].[K+].[Na+].[OH-]. The molecular weight excluding hydrogens is 1020 g/mol. The number of nitrogens with two attached hydrogens (primary N) is 3. The average Bonchev–Trinajstić information content (AvgIpc) is 3.04. The van der Waals surface area contributed by atoms with Gasteiger partial charge in [-0.25, -0.2) is 27.1 Å². The summed E-state index contributed by atoms with van der Waals surface area (Å²) in [7, 11) is -3.07. The first kappa shape index (κ1) is 77.8. The van der Waals surface area contributed by atoms with Crippen molar-refractivity contribution in [1.29, 1.82) is 5.26 Å². The minimum atomic E-state index is -3.84. The third-order valence-electron chi connectivity index (χ3n) is 3.51. The number of para-hydroxylation sites is 2. The van der Waals surface area contributed by atoms with Gasteiger partial charge in [-0.05, 0) is 47.2 Å². The van der Waals surface area contributed by atoms with E-state index in [9.17, 15) is 31.2 Å². The molecule has 52 heavy (non-hydrogen) atoms. The number of hydrogen-bond acceptors (Lipinski definition) is 15. The molecule has 2 aromatic rings. The molecule has 0 aliphatic heterocycles. The van der Waals surface area contributed by atoms with E-state index in [0.29, 0.717) is 10.7 Å². The molecule has 0 unspecified atom stereocenters. The number of carbonyl (C=O) groups is 4. The van der Waals surface area contributed by atoms with Crippen LogP contribution in [-0.2, 0) is 44.1 Å². The standard InChI is InChI=1S/C9H12N2O4S.C6H7NO3S.C3H6BrNO.C2H2Br2O.C2H3N.CH5N.CH2O3.ClH.2K.Na.H2O.H/c1-11-9(12)6-15-7-4-2-3-5-8(7)16(10,13)14;7-11(9,10)6-4-2-1-3-5(6)8;1-5-3(6)2-4;3-1-2(4)5;1-2-3;1-2;2-1-4-3;;;;;;/h2-5H,6H2,1H3,(H,11,12)(H2,10,13,14);1-4,8H,(H2,7,9,10);2H2,1H3,(H,5,6);1H2;1H3;2H2,1H3;1,3H;1H;;;;1H2;/q;;;;;;;;3*+1;;-1/p-2. The van der Waals surface area contributed by atoms with Crippen LogP contribution in [0.25, 0.3) is 0 Å². The van der Waals surface area contributed by atoms with E-state index in [4.69, 9.17) is 35.4 Å². The smallest absolute Gasteiger partial charge is 1.00 e. The second-order valence-electron chi connectivity index (χ2n) is 6.68. The summed E-state index contributed by atoms with van der Waals surface area (Å²) in [4.78, 5) is 41.5. The Balaban J connectivity index is -0.0000000469. The monoisotopic (exact) mass is 1060 g/mol. The zero-order valence-electron chi connectivity index (χ0n) is 30.2. The molecule has 10 N–H and O–H groups in total. The molecule has 0 fully saturated rings. The number of phenols is 1. The molecule has 2 amide bonds. The van der Waals surface area contributed by atoms with Crippen molar-refractivity contribution in [2.45, 2.75) is 16.7 Å². The fourth-order valence-corrected chi connectivity index (χ4v) is 3.37. The van der Waals surface area contributed by atoms with Crippen LogP contribution in [0.2, 0.25) is 0 Å². The summed E-state index contributed by atoms with van der Waals surface area (Å²) in [6, 6.07) is 13.1. The van der Waals surface area contributed by atoms with E-state index in [0.717, 1.165) is 0 Å². The third kappa shape index (κ3) is 53.4. The summed E-state index contributed by atoms with van der Waals surface area (Å²) >= 11 is 8.57. The number of nitrogens with one attached hydrogen (secondary N) is 2. The fourth-order valence-electron chi connectivity index (χ4n) is 1.78. The molecule has 286 valence electrons. The minimum absolute atomic E-state index is 0. The topological polar surface area (TPSA) is 354 Å². The molecule has 0 aromatic heterocycles. The maximum Gasteiger partial charge on any atom is 1.00 e. The van der Waals surface area contributed by atoms with Crippen molar-refractivity contribution in [2.75, 3.05) is 38.4 Å². The van der Waals surface area contributed by atoms with E-state index in [-0.39, 0.29) is 203 Å². The normalized spacial score (nSPS) is 8.04. The Hall–Kier alpha value is 1.31. The van der Waals surface area contributed by atoms with Crippen LogP contribution in [0.4, 0.5) is 0 Å². The number of ether oxygens (including phenoxy) is 1. The van der Waals surface area contributed by atoms with Gasteiger partial charge >= 0.3 is 132 Å². The zero-order chi connectivity index (χ0) is 38.1. The molecule has 0 saturated heterocycles. The summed E-state index contributed by atoms with van der Waals surface area (Å²) < 4.78 is 48.7. The van der Waals surface area contributed by atoms with Gasteiger partial charge in [0.25, 0.3) is 12.4 Å². The van der Waals surface area contributed by atoms with Gasteiger partial charge in [0, 0.05) is 21.0 Å². The van der Waals surface area contributed by atoms with Crippen LogP contribution >= 0.6 is 60.2 Å². The molecular formula is C24H39Br3ClK2N6NaO13S2. The molecule has 0 aliphatic carbocycles. The van der Waals surface area contributed by atoms with E-state index < -0.39 is 20.0 Å². The second kappa shape index (κ2) is 52.3. The first-order chi connectivity index (χ1) is 21.9. The molecule has 0 atom stereocenters. The van der Waals surface area contributed by atoms with Crippen molar-refractivity contribution < 1.29 is 195 Å². The number of carbonyl (C=O) groups excluding carboxylic acids is 4. The molecule has 0 bridgehead atoms. The summed E-state index contributed by atoms with van der Waals surface area (Å²) in [6.07, 6.45) is 0. The molecule has 0 saturated carbocycles. The third-order valence-corrected chi connectivity index (χ3v) is 7.47. The number of nitriles is 1. The van der Waals surface area contributed by atoms with E-state index >= 15 is 0 Å². The Morgan fingerprint density at radius 2 is 1.25 bits per heavy atom. The van der Waals surface area contributed by atoms with Crippen LogP contribution in [0.15, 0.2) is 58.3 Å². The number of rotatable bonds is 8. The number of phenolic OH excluding ortho intramolecular Hbond substituents is 1. The van der Waals surface area contributed by atoms with Gasteiger partial charge in [-0.2, -0.15) is 5.26 Å². The number of halogens is 4. The summed E-state index contributed by atoms with van der Waals surface area (Å²) in [6.45, 7) is 0.989. The van der Waals surface area contributed by atoms with E-state index in [1.165, 1.54) is 63.5 Å². The van der Waals surface area contributed by atoms with Gasteiger partial charge in [0.15, 0.2) is 6.61 Å². The van der Waals surface area contributed by atoms with Crippen LogP contribution in [0.5, 0.6) is 11.5 Å². The van der Waals surface area contributed by atoms with Crippen molar-refractivity contribution in [1.82, 2.24) is 10.6 Å². The number of nitrogens with zero attached hydrogens (tertiary/aromatic N) is 1. The number of likely N-dealkylation sites (N-methyl/N-ethyl adjacent to an activating group) is 1. The Bertz CT molecular complexity index is 1460. The number of alkyl halides is 2. The van der Waals surface area contributed by atoms with Crippen molar-refractivity contribution >= 4 is 103 Å². The predicted molar refractivity (Wildman–Crippen MR) is 191 cm³/mol. The largest absolute Gasteiger partial charge is 1.00 e. The number of primary sulfonamides is 2. The van der Waals surface area contributed by atoms with Gasteiger partial charge in [0.1, 0.15) is 21.3 Å². The molecule has 0 radical (unpaired) electrons. The van der Waals surface area contributed by atoms with Gasteiger partial charge < -0.3 is 43.3 Å². The number of sulfonamides is 2. The second-order valence-corrected chi connectivity index (χ2v) is 11.7. The number of benzene rings is 2. The summed E-state index contributed by atoms with van der Waals surface area (Å²) in [5.41, 5.74) is 4.50. The maximum atomic E-state index is 11.2. The van der Waals surface area contributed by atoms with Crippen molar-refractivity contribution in [2.24, 2.45) is 16.0 Å². The molecule has 0 spiro atoms. The molecule has 0 aliphatic rings. The van der Waals surface area contributed by atoms with E-state index in [1.54, 1.807) is 19.2 Å². The van der Waals surface area contributed by atoms with Crippen molar-refractivity contribution in [3.05, 3.63) is 48.5 Å². The fraction of sp³-hybridized carbons (Fsp3) is 0.292. The van der Waals surface area contributed by atoms with E-state index in [1.807, 2.05) is 0 Å². The van der Waals surface area contributed by atoms with E-state index in [2.05, 4.69) is 69.0 Å². The van der Waals surface area contributed by atoms with Gasteiger partial charge in [-0.3, -0.25) is 19.2 Å². The van der Waals surface area contributed by atoms with Crippen LogP contribution in [0, 0.1) is 11.3 Å². The Kier molecular flexibility index (Phi) is 78.2. The van der Waals surface area contributed by atoms with Gasteiger partial charge in [0.05, 0.1) is 16.7 Å². The number of aromatic hydroxyl groups is 1. The first-order valence-electron chi connectivity index (χ1n) is 11.8. The molecule has 2 aromatic carbocycles. The van der Waals surface area contributed by atoms with Crippen molar-refractivity contribution in [3.63, 3.8) is 0 Å². The summed E-state index contributed by atoms with van der Waals surface area (Å²) in [5.74, 6) is -0.608. The molecule has 0 heterocycles. The van der Waals surface area contributed by atoms with Gasteiger partial charge in [0.2, 0.25) is 30.6 Å². The van der Waals surface area contributed by atoms with Gasteiger partial charge in [-0.1, -0.05) is 56.1 Å². The van der Waals surface area contributed by atoms with Crippen LogP contribution < -0.4 is 169 Å². The quantitative estimate of drug-likeness (QED) is 0.0357. The predicted octanol–water partition coefficient (Wildman–Crippen LogP) is -9.16. The summed E-state index contributed by atoms with van der Waals surface area (Å²) in [5, 5.41) is 40.1. The molecule has 28 heteroatoms. The number of amides is 2. The average molecular weight is 1060 g/mol. The van der Waals surface area contributed by atoms with Crippen LogP contribution in [0.3, 0.4) is 0 Å². The minimum Gasteiger partial charge on any atom is -1.00 e. The maximum absolute atomic E-state index is 11.2. The Labute approximate surface area is 443 Å². The Morgan fingerprint density at radius 1 is 0.923 bits per heavy atom. The van der Waals surface area contributed by atoms with Gasteiger partial charge in [-0.15, -0.1) is 12.4 Å². The number of hydrogen-bond donors (Lipinski definition) is 6. The zero-order valence-corrected chi connectivity index (χ0v) is 44.7. The molecule has 2 rings (SSSR count). The Morgan fingerprint density at radius 3 is 1.48 bits per heavy atom. The van der Waals surface area contributed by atoms with Crippen molar-refractivity contribution in [3.8, 4) is 17.6 Å². The van der Waals surface area contributed by atoms with Crippen LogP contribution in [-0.4, -0.2) is 88.8 Å². The molecule has 19 nitrogen and oxygen atoms in total. The van der Waals surface area contributed by atoms with Crippen LogP contribution in [0.1, 0.15) is 8.35 Å². The first-order valence-corrected chi connectivity index (χ1v) is 17.9.